The van der Waals surface area contributed by atoms with Crippen LogP contribution in [0.5, 0.6) is 0 Å². The number of carbonyl (C=O) groups excluding carboxylic acids is 2. The highest BCUT2D eigenvalue weighted by Crippen LogP contribution is 2.10. The first-order valence-corrected chi connectivity index (χ1v) is 5.99. The summed E-state index contributed by atoms with van der Waals surface area (Å²) in [5.41, 5.74) is 0.245. The third-order valence-electron chi connectivity index (χ3n) is 1.51. The molecular formula is C10H17O5P. The predicted octanol–water partition coefficient (Wildman–Crippen LogP) is 1.63. The molecule has 0 aromatic heterocycles. The zero-order chi connectivity index (χ0) is 12.4. The van der Waals surface area contributed by atoms with Gasteiger partial charge in [0.25, 0.3) is 0 Å². The fourth-order valence-electron chi connectivity index (χ4n) is 0.775. The van der Waals surface area contributed by atoms with Gasteiger partial charge in [-0.3, -0.25) is 4.79 Å². The van der Waals surface area contributed by atoms with E-state index in [0.29, 0.717) is 8.81 Å². The van der Waals surface area contributed by atoms with Gasteiger partial charge in [-0.15, -0.1) is 0 Å². The first-order chi connectivity index (χ1) is 7.61. The number of rotatable bonds is 5. The lowest BCUT2D eigenvalue weighted by Gasteiger charge is -1.98. The van der Waals surface area contributed by atoms with E-state index in [2.05, 4.69) is 18.2 Å². The average Bonchev–Trinajstić information content (AvgIpc) is 2.52. The number of carbonyl (C=O) groups is 2. The van der Waals surface area contributed by atoms with E-state index in [1.54, 1.807) is 7.11 Å². The highest BCUT2D eigenvalue weighted by molar-refractivity contribution is 7.31. The summed E-state index contributed by atoms with van der Waals surface area (Å²) in [7, 11) is 2.19. The smallest absolute Gasteiger partial charge is 0.341 e. The third kappa shape index (κ3) is 7.51. The van der Waals surface area contributed by atoms with Crippen LogP contribution in [0, 0.1) is 0 Å². The van der Waals surface area contributed by atoms with Crippen LogP contribution < -0.4 is 0 Å². The van der Waals surface area contributed by atoms with E-state index in [1.807, 2.05) is 0 Å². The van der Waals surface area contributed by atoms with Crippen molar-refractivity contribution in [1.29, 1.82) is 0 Å². The SMILES string of the molecule is C=C1CC(=O)OC1=O.CCCOCPOC. The van der Waals surface area contributed by atoms with Gasteiger partial charge in [0.05, 0.1) is 12.8 Å². The highest BCUT2D eigenvalue weighted by Gasteiger charge is 2.24. The van der Waals surface area contributed by atoms with Crippen LogP contribution in [0.3, 0.4) is 0 Å². The van der Waals surface area contributed by atoms with Gasteiger partial charge in [0.1, 0.15) is 0 Å². The maximum Gasteiger partial charge on any atom is 0.341 e. The van der Waals surface area contributed by atoms with E-state index in [1.165, 1.54) is 0 Å². The monoisotopic (exact) mass is 248 g/mol. The fraction of sp³-hybridized carbons (Fsp3) is 0.600. The van der Waals surface area contributed by atoms with Crippen molar-refractivity contribution in [3.8, 4) is 0 Å². The molecule has 0 radical (unpaired) electrons. The van der Waals surface area contributed by atoms with E-state index in [9.17, 15) is 9.59 Å². The molecule has 0 aliphatic carbocycles. The Morgan fingerprint density at radius 1 is 1.50 bits per heavy atom. The zero-order valence-corrected chi connectivity index (χ0v) is 10.6. The van der Waals surface area contributed by atoms with Gasteiger partial charge in [-0.05, 0) is 6.42 Å². The maximum atomic E-state index is 10.2. The molecule has 1 aliphatic heterocycles. The van der Waals surface area contributed by atoms with Gasteiger partial charge in [-0.1, -0.05) is 13.5 Å². The van der Waals surface area contributed by atoms with E-state index < -0.39 is 11.9 Å². The molecule has 0 saturated carbocycles. The third-order valence-corrected chi connectivity index (χ3v) is 2.12. The van der Waals surface area contributed by atoms with Crippen molar-refractivity contribution < 1.29 is 23.6 Å². The molecule has 0 bridgehead atoms. The highest BCUT2D eigenvalue weighted by atomic mass is 31.1. The molecule has 1 atom stereocenters. The number of ether oxygens (including phenoxy) is 2. The molecule has 6 heteroatoms. The summed E-state index contributed by atoms with van der Waals surface area (Å²) in [6, 6.07) is 0. The van der Waals surface area contributed by atoms with E-state index >= 15 is 0 Å². The van der Waals surface area contributed by atoms with E-state index in [-0.39, 0.29) is 12.0 Å². The van der Waals surface area contributed by atoms with Crippen molar-refractivity contribution in [3.05, 3.63) is 12.2 Å². The second kappa shape index (κ2) is 9.46. The van der Waals surface area contributed by atoms with Crippen LogP contribution in [0.1, 0.15) is 19.8 Å². The maximum absolute atomic E-state index is 10.2. The van der Waals surface area contributed by atoms with E-state index in [0.717, 1.165) is 19.4 Å². The topological polar surface area (TPSA) is 61.8 Å². The second-order valence-electron chi connectivity index (χ2n) is 2.94. The zero-order valence-electron chi connectivity index (χ0n) is 9.58. The lowest BCUT2D eigenvalue weighted by molar-refractivity contribution is -0.151. The molecule has 5 nitrogen and oxygen atoms in total. The Kier molecular flexibility index (Phi) is 9.00. The normalized spacial score (nSPS) is 15.2. The van der Waals surface area contributed by atoms with Gasteiger partial charge < -0.3 is 14.0 Å². The van der Waals surface area contributed by atoms with Crippen LogP contribution in [0.2, 0.25) is 0 Å². The van der Waals surface area contributed by atoms with Crippen LogP contribution in [-0.2, 0) is 23.6 Å². The Bertz CT molecular complexity index is 228. The van der Waals surface area contributed by atoms with Crippen molar-refractivity contribution >= 4 is 20.7 Å². The molecular weight excluding hydrogens is 231 g/mol. The molecule has 0 aromatic rings. The summed E-state index contributed by atoms with van der Waals surface area (Å²) in [4.78, 5) is 20.4. The van der Waals surface area contributed by atoms with Crippen molar-refractivity contribution in [1.82, 2.24) is 0 Å². The lowest BCUT2D eigenvalue weighted by atomic mass is 10.3. The molecule has 0 aromatic carbocycles. The van der Waals surface area contributed by atoms with Crippen molar-refractivity contribution in [2.24, 2.45) is 0 Å². The summed E-state index contributed by atoms with van der Waals surface area (Å²) in [5.74, 6) is -1.09. The molecule has 1 unspecified atom stereocenters. The van der Waals surface area contributed by atoms with Gasteiger partial charge in [0, 0.05) is 28.1 Å². The van der Waals surface area contributed by atoms with Crippen molar-refractivity contribution in [3.63, 3.8) is 0 Å². The lowest BCUT2D eigenvalue weighted by Crippen LogP contribution is -1.95. The van der Waals surface area contributed by atoms with Crippen LogP contribution in [0.15, 0.2) is 12.2 Å². The number of cyclic esters (lactones) is 2. The Hall–Kier alpha value is -0.770. The first kappa shape index (κ1) is 15.2. The summed E-state index contributed by atoms with van der Waals surface area (Å²) in [6.07, 6.45) is 1.90. The summed E-state index contributed by atoms with van der Waals surface area (Å²) >= 11 is 0. The van der Waals surface area contributed by atoms with E-state index in [4.69, 9.17) is 9.26 Å². The average molecular weight is 248 g/mol. The van der Waals surface area contributed by atoms with Crippen LogP contribution >= 0.6 is 8.81 Å². The second-order valence-corrected chi connectivity index (χ2v) is 3.93. The number of hydrogen-bond donors (Lipinski definition) is 0. The molecule has 1 heterocycles. The van der Waals surface area contributed by atoms with Crippen molar-refractivity contribution in [2.75, 3.05) is 20.1 Å². The molecule has 0 amide bonds. The van der Waals surface area contributed by atoms with Gasteiger partial charge in [-0.2, -0.15) is 0 Å². The minimum atomic E-state index is -0.588. The molecule has 1 saturated heterocycles. The van der Waals surface area contributed by atoms with Crippen LogP contribution in [0.25, 0.3) is 0 Å². The molecule has 1 aliphatic rings. The minimum absolute atomic E-state index is 0.0544. The Balaban J connectivity index is 0.000000281. The Morgan fingerprint density at radius 2 is 2.19 bits per heavy atom. The quantitative estimate of drug-likeness (QED) is 0.243. The Labute approximate surface area is 97.0 Å². The standard InChI is InChI=1S/C5H4O3.C5H13O2P/c1-3-2-4(6)8-5(3)7;1-3-4-7-5-8-6-2/h1-2H2;8H,3-5H2,1-2H3. The molecule has 1 fully saturated rings. The molecule has 0 N–H and O–H groups in total. The fourth-order valence-corrected chi connectivity index (χ4v) is 1.12. The molecule has 16 heavy (non-hydrogen) atoms. The van der Waals surface area contributed by atoms with Gasteiger partial charge in [0.15, 0.2) is 0 Å². The summed E-state index contributed by atoms with van der Waals surface area (Å²) < 4.78 is 14.0. The Morgan fingerprint density at radius 3 is 2.50 bits per heavy atom. The molecule has 92 valence electrons. The minimum Gasteiger partial charge on any atom is -0.389 e. The summed E-state index contributed by atoms with van der Waals surface area (Å²) in [5, 5.41) is 0. The molecule has 0 spiro atoms. The number of esters is 2. The number of hydrogen-bond acceptors (Lipinski definition) is 5. The van der Waals surface area contributed by atoms with Crippen LogP contribution in [-0.4, -0.2) is 32.0 Å². The van der Waals surface area contributed by atoms with Crippen LogP contribution in [0.4, 0.5) is 0 Å². The summed E-state index contributed by atoms with van der Waals surface area (Å²) in [6.45, 7) is 6.24. The predicted molar refractivity (Wildman–Crippen MR) is 61.3 cm³/mol. The van der Waals surface area contributed by atoms with Gasteiger partial charge in [-0.25, -0.2) is 4.79 Å². The first-order valence-electron chi connectivity index (χ1n) is 4.88. The van der Waals surface area contributed by atoms with Gasteiger partial charge >= 0.3 is 11.9 Å². The molecule has 1 rings (SSSR count). The van der Waals surface area contributed by atoms with Gasteiger partial charge in [0.2, 0.25) is 0 Å². The van der Waals surface area contributed by atoms with Crippen molar-refractivity contribution in [2.45, 2.75) is 19.8 Å². The largest absolute Gasteiger partial charge is 0.389 e.